The van der Waals surface area contributed by atoms with Gasteiger partial charge in [0, 0.05) is 18.4 Å². The molecule has 0 spiro atoms. The first-order valence-corrected chi connectivity index (χ1v) is 7.28. The summed E-state index contributed by atoms with van der Waals surface area (Å²) in [6.07, 6.45) is 4.49. The van der Waals surface area contributed by atoms with Crippen molar-refractivity contribution in [3.63, 3.8) is 0 Å². The van der Waals surface area contributed by atoms with Gasteiger partial charge in [0.1, 0.15) is 11.6 Å². The third-order valence-corrected chi connectivity index (χ3v) is 3.61. The lowest BCUT2D eigenvalue weighted by Gasteiger charge is -2.23. The Balaban J connectivity index is 1.68. The summed E-state index contributed by atoms with van der Waals surface area (Å²) in [6, 6.07) is 0.180. The number of rotatable bonds is 4. The van der Waals surface area contributed by atoms with Gasteiger partial charge in [-0.3, -0.25) is 0 Å². The summed E-state index contributed by atoms with van der Waals surface area (Å²) < 4.78 is 1.94. The Morgan fingerprint density at radius 3 is 2.86 bits per heavy atom. The van der Waals surface area contributed by atoms with Gasteiger partial charge >= 0.3 is 5.97 Å². The molecule has 8 nitrogen and oxygen atoms in total. The number of aromatic carboxylic acids is 1. The number of carboxylic acids is 1. The highest BCUT2D eigenvalue weighted by Crippen LogP contribution is 2.19. The Hall–Kier alpha value is -2.51. The van der Waals surface area contributed by atoms with Crippen molar-refractivity contribution >= 4 is 11.8 Å². The molecule has 3 heterocycles. The maximum atomic E-state index is 10.8. The van der Waals surface area contributed by atoms with Crippen molar-refractivity contribution in [1.29, 1.82) is 0 Å². The lowest BCUT2D eigenvalue weighted by molar-refractivity contribution is 0.0690. The molecule has 0 saturated heterocycles. The van der Waals surface area contributed by atoms with Crippen molar-refractivity contribution in [2.45, 2.75) is 45.2 Å². The van der Waals surface area contributed by atoms with Crippen LogP contribution in [0.2, 0.25) is 0 Å². The molecule has 1 aliphatic heterocycles. The van der Waals surface area contributed by atoms with Crippen molar-refractivity contribution in [2.75, 3.05) is 5.32 Å². The Kier molecular flexibility index (Phi) is 3.74. The lowest BCUT2D eigenvalue weighted by Crippen LogP contribution is -2.32. The molecule has 2 N–H and O–H groups in total. The van der Waals surface area contributed by atoms with Gasteiger partial charge in [-0.1, -0.05) is 13.8 Å². The standard InChI is InChI=1S/C14H18N6O2/c1-8(2)13-18-12-4-3-9(7-20(12)19-13)17-11-6-15-10(5-16-11)14(21)22/h5-6,8-9H,3-4,7H2,1-2H3,(H,16,17)(H,21,22). The largest absolute Gasteiger partial charge is 0.476 e. The molecule has 8 heteroatoms. The molecule has 3 rings (SSSR count). The second kappa shape index (κ2) is 5.70. The van der Waals surface area contributed by atoms with Crippen molar-refractivity contribution in [1.82, 2.24) is 24.7 Å². The molecule has 116 valence electrons. The fourth-order valence-corrected chi connectivity index (χ4v) is 2.41. The minimum absolute atomic E-state index is 0.0608. The molecule has 1 aliphatic rings. The van der Waals surface area contributed by atoms with Crippen LogP contribution in [0.4, 0.5) is 5.82 Å². The highest BCUT2D eigenvalue weighted by molar-refractivity contribution is 5.84. The summed E-state index contributed by atoms with van der Waals surface area (Å²) in [5, 5.41) is 16.6. The van der Waals surface area contributed by atoms with Crippen LogP contribution in [-0.2, 0) is 13.0 Å². The minimum atomic E-state index is -1.08. The first-order valence-electron chi connectivity index (χ1n) is 7.28. The van der Waals surface area contributed by atoms with E-state index >= 15 is 0 Å². The van der Waals surface area contributed by atoms with Crippen LogP contribution in [0.1, 0.15) is 48.3 Å². The molecule has 1 atom stereocenters. The van der Waals surface area contributed by atoms with E-state index in [9.17, 15) is 4.79 Å². The summed E-state index contributed by atoms with van der Waals surface area (Å²) in [6.45, 7) is 4.88. The predicted octanol–water partition coefficient (Wildman–Crippen LogP) is 1.32. The molecule has 0 fully saturated rings. The maximum Gasteiger partial charge on any atom is 0.356 e. The van der Waals surface area contributed by atoms with E-state index < -0.39 is 5.97 Å². The molecule has 0 saturated carbocycles. The summed E-state index contributed by atoms with van der Waals surface area (Å²) in [7, 11) is 0. The second-order valence-electron chi connectivity index (χ2n) is 5.70. The molecule has 2 aromatic heterocycles. The van der Waals surface area contributed by atoms with E-state index in [2.05, 4.69) is 39.2 Å². The summed E-state index contributed by atoms with van der Waals surface area (Å²) in [5.41, 5.74) is -0.0608. The number of carbonyl (C=O) groups is 1. The van der Waals surface area contributed by atoms with E-state index in [1.54, 1.807) is 0 Å². The Labute approximate surface area is 127 Å². The van der Waals surface area contributed by atoms with Crippen molar-refractivity contribution in [3.8, 4) is 0 Å². The van der Waals surface area contributed by atoms with Gasteiger partial charge in [0.25, 0.3) is 0 Å². The molecule has 2 aromatic rings. The molecule has 0 amide bonds. The molecule has 1 unspecified atom stereocenters. The molecule has 0 aliphatic carbocycles. The monoisotopic (exact) mass is 302 g/mol. The number of carboxylic acid groups (broad SMARTS) is 1. The molecule has 22 heavy (non-hydrogen) atoms. The Morgan fingerprint density at radius 2 is 2.23 bits per heavy atom. The van der Waals surface area contributed by atoms with E-state index in [4.69, 9.17) is 5.11 Å². The van der Waals surface area contributed by atoms with Crippen LogP contribution in [0.3, 0.4) is 0 Å². The third-order valence-electron chi connectivity index (χ3n) is 3.61. The van der Waals surface area contributed by atoms with E-state index in [1.165, 1.54) is 12.4 Å². The van der Waals surface area contributed by atoms with Crippen LogP contribution in [0.5, 0.6) is 0 Å². The highest BCUT2D eigenvalue weighted by Gasteiger charge is 2.22. The first-order chi connectivity index (χ1) is 10.5. The van der Waals surface area contributed by atoms with Gasteiger partial charge in [-0.15, -0.1) is 0 Å². The number of aromatic nitrogens is 5. The summed E-state index contributed by atoms with van der Waals surface area (Å²) in [4.78, 5) is 23.2. The number of nitrogens with one attached hydrogen (secondary N) is 1. The number of nitrogens with zero attached hydrogens (tertiary/aromatic N) is 5. The van der Waals surface area contributed by atoms with E-state index in [0.29, 0.717) is 11.7 Å². The summed E-state index contributed by atoms with van der Waals surface area (Å²) in [5.74, 6) is 1.71. The smallest absolute Gasteiger partial charge is 0.356 e. The number of hydrogen-bond acceptors (Lipinski definition) is 6. The van der Waals surface area contributed by atoms with Gasteiger partial charge in [0.05, 0.1) is 18.9 Å². The number of aryl methyl sites for hydroxylation is 1. The zero-order valence-corrected chi connectivity index (χ0v) is 12.5. The fourth-order valence-electron chi connectivity index (χ4n) is 2.41. The van der Waals surface area contributed by atoms with Crippen LogP contribution in [0.15, 0.2) is 12.4 Å². The maximum absolute atomic E-state index is 10.8. The lowest BCUT2D eigenvalue weighted by atomic mass is 10.1. The fraction of sp³-hybridized carbons (Fsp3) is 0.500. The van der Waals surface area contributed by atoms with E-state index in [1.807, 2.05) is 4.68 Å². The third kappa shape index (κ3) is 2.90. The van der Waals surface area contributed by atoms with Crippen LogP contribution in [-0.4, -0.2) is 41.9 Å². The first kappa shape index (κ1) is 14.4. The number of anilines is 1. The second-order valence-corrected chi connectivity index (χ2v) is 5.70. The topological polar surface area (TPSA) is 106 Å². The van der Waals surface area contributed by atoms with Crippen LogP contribution < -0.4 is 5.32 Å². The zero-order valence-electron chi connectivity index (χ0n) is 12.5. The van der Waals surface area contributed by atoms with Crippen molar-refractivity contribution in [2.24, 2.45) is 0 Å². The van der Waals surface area contributed by atoms with E-state index in [-0.39, 0.29) is 11.7 Å². The average Bonchev–Trinajstić information content (AvgIpc) is 2.91. The van der Waals surface area contributed by atoms with Crippen LogP contribution in [0.25, 0.3) is 0 Å². The van der Waals surface area contributed by atoms with Crippen LogP contribution >= 0.6 is 0 Å². The van der Waals surface area contributed by atoms with Crippen LogP contribution in [0, 0.1) is 0 Å². The number of hydrogen-bond donors (Lipinski definition) is 2. The zero-order chi connectivity index (χ0) is 15.7. The van der Waals surface area contributed by atoms with Gasteiger partial charge in [0.2, 0.25) is 0 Å². The summed E-state index contributed by atoms with van der Waals surface area (Å²) >= 11 is 0. The normalized spacial score (nSPS) is 17.3. The van der Waals surface area contributed by atoms with Gasteiger partial charge in [-0.05, 0) is 6.42 Å². The molecular formula is C14H18N6O2. The molecule has 0 aromatic carbocycles. The Bertz CT molecular complexity index is 679. The number of fused-ring (bicyclic) bond motifs is 1. The predicted molar refractivity (Wildman–Crippen MR) is 78.8 cm³/mol. The SMILES string of the molecule is CC(C)c1nc2n(n1)CC(Nc1cnc(C(=O)O)cn1)CC2. The van der Waals surface area contributed by atoms with Gasteiger partial charge < -0.3 is 10.4 Å². The minimum Gasteiger partial charge on any atom is -0.476 e. The quantitative estimate of drug-likeness (QED) is 0.877. The molecular weight excluding hydrogens is 284 g/mol. The molecule has 0 radical (unpaired) electrons. The van der Waals surface area contributed by atoms with Gasteiger partial charge in [0.15, 0.2) is 11.5 Å². The Morgan fingerprint density at radius 1 is 1.41 bits per heavy atom. The molecule has 0 bridgehead atoms. The van der Waals surface area contributed by atoms with E-state index in [0.717, 1.165) is 31.0 Å². The van der Waals surface area contributed by atoms with Crippen molar-refractivity contribution < 1.29 is 9.90 Å². The van der Waals surface area contributed by atoms with Gasteiger partial charge in [-0.2, -0.15) is 5.10 Å². The average molecular weight is 302 g/mol. The van der Waals surface area contributed by atoms with Gasteiger partial charge in [-0.25, -0.2) is 24.4 Å². The van der Waals surface area contributed by atoms with Crippen molar-refractivity contribution in [3.05, 3.63) is 29.7 Å². The highest BCUT2D eigenvalue weighted by atomic mass is 16.4.